The molecule has 20 heteroatoms. The molecule has 72 heavy (non-hydrogen) atoms. The number of amides is 2. The molecule has 2 heterocycles. The lowest BCUT2D eigenvalue weighted by atomic mass is 9.89. The topological polar surface area (TPSA) is 202 Å². The van der Waals surface area contributed by atoms with Crippen LogP contribution in [0.1, 0.15) is 112 Å². The first kappa shape index (κ1) is 55.5. The second kappa shape index (κ2) is 24.0. The first-order chi connectivity index (χ1) is 34.1. The van der Waals surface area contributed by atoms with E-state index in [0.717, 1.165) is 25.7 Å². The highest BCUT2D eigenvalue weighted by Gasteiger charge is 2.50. The maximum atomic E-state index is 13.8. The summed E-state index contributed by atoms with van der Waals surface area (Å²) >= 11 is 24.8. The Labute approximate surface area is 440 Å². The number of carboxylic acid groups (broad SMARTS) is 2. The number of benzene rings is 4. The molecule has 2 aliphatic carbocycles. The molecule has 4 fully saturated rings. The van der Waals surface area contributed by atoms with Crippen molar-refractivity contribution in [3.8, 4) is 0 Å². The maximum absolute atomic E-state index is 13.8. The van der Waals surface area contributed by atoms with Crippen LogP contribution < -0.4 is 0 Å². The normalized spacial score (nSPS) is 23.5. The van der Waals surface area contributed by atoms with Gasteiger partial charge in [0.15, 0.2) is 19.7 Å². The summed E-state index contributed by atoms with van der Waals surface area (Å²) in [6.45, 7) is 3.67. The molecule has 2 saturated heterocycles. The fourth-order valence-corrected chi connectivity index (χ4v) is 14.6. The van der Waals surface area contributed by atoms with Gasteiger partial charge in [-0.05, 0) is 121 Å². The molecule has 4 aromatic carbocycles. The summed E-state index contributed by atoms with van der Waals surface area (Å²) in [5, 5.41) is 20.9. The van der Waals surface area contributed by atoms with E-state index in [0.29, 0.717) is 55.2 Å². The number of morpholine rings is 2. The van der Waals surface area contributed by atoms with Crippen LogP contribution in [0.25, 0.3) is 0 Å². The number of aliphatic carboxylic acids is 2. The zero-order valence-electron chi connectivity index (χ0n) is 39.7. The predicted molar refractivity (Wildman–Crippen MR) is 276 cm³/mol. The third kappa shape index (κ3) is 14.5. The third-order valence-corrected chi connectivity index (χ3v) is 18.1. The predicted octanol–water partition coefficient (Wildman–Crippen LogP) is 10.2. The molecule has 0 bridgehead atoms. The summed E-state index contributed by atoms with van der Waals surface area (Å²) < 4.78 is 64.5. The van der Waals surface area contributed by atoms with E-state index in [1.807, 2.05) is 13.8 Å². The van der Waals surface area contributed by atoms with Crippen LogP contribution in [-0.2, 0) is 48.3 Å². The highest BCUT2D eigenvalue weighted by molar-refractivity contribution is 7.91. The molecule has 4 aromatic rings. The first-order valence-corrected chi connectivity index (χ1v) is 29.1. The van der Waals surface area contributed by atoms with Crippen molar-refractivity contribution in [1.29, 1.82) is 0 Å². The smallest absolute Gasteiger partial charge is 0.306 e. The Morgan fingerprint density at radius 2 is 0.903 bits per heavy atom. The van der Waals surface area contributed by atoms with Crippen molar-refractivity contribution in [2.24, 2.45) is 11.8 Å². The highest BCUT2D eigenvalue weighted by Crippen LogP contribution is 2.47. The van der Waals surface area contributed by atoms with E-state index < -0.39 is 105 Å². The van der Waals surface area contributed by atoms with Gasteiger partial charge in [0.2, 0.25) is 0 Å². The zero-order chi connectivity index (χ0) is 52.1. The number of carbonyl (C=O) groups is 4. The monoisotopic (exact) mass is 1110 g/mol. The standard InChI is InChI=1S/2C26H29Cl2NO6S/c2*1-2-21(15-36(33,34)14-16-6-7-16)29-24(17-8-10-19(27)11-9-17)25(18-4-3-5-20(28)12-18)35-22(26(29)32)13-23(30)31/h2*3-5,8-12,16,21-22,24-25H,2,6-7,13-15H2,1H3,(H,30,31)/t21-,22+,24?,25+;21-,22-,24?,25+/m00/s1. The highest BCUT2D eigenvalue weighted by atomic mass is 35.5. The molecular weight excluding hydrogens is 1050 g/mol. The van der Waals surface area contributed by atoms with Crippen molar-refractivity contribution in [2.45, 2.75) is 114 Å². The molecule has 8 rings (SSSR count). The van der Waals surface area contributed by atoms with Gasteiger partial charge in [-0.25, -0.2) is 16.8 Å². The lowest BCUT2D eigenvalue weighted by Gasteiger charge is -2.48. The molecule has 0 spiro atoms. The Hall–Kier alpha value is -4.26. The second-order valence-corrected chi connectivity index (χ2v) is 25.1. The van der Waals surface area contributed by atoms with Gasteiger partial charge in [-0.3, -0.25) is 19.2 Å². The van der Waals surface area contributed by atoms with Crippen molar-refractivity contribution in [3.63, 3.8) is 0 Å². The minimum atomic E-state index is -3.44. The van der Waals surface area contributed by atoms with E-state index in [1.165, 1.54) is 9.80 Å². The first-order valence-electron chi connectivity index (χ1n) is 24.0. The van der Waals surface area contributed by atoms with Gasteiger partial charge in [-0.15, -0.1) is 0 Å². The van der Waals surface area contributed by atoms with Crippen LogP contribution in [0.3, 0.4) is 0 Å². The zero-order valence-corrected chi connectivity index (χ0v) is 44.4. The Bertz CT molecular complexity index is 2620. The van der Waals surface area contributed by atoms with Gasteiger partial charge in [-0.2, -0.15) is 0 Å². The van der Waals surface area contributed by atoms with Gasteiger partial charge in [0.25, 0.3) is 11.8 Å². The average molecular weight is 1110 g/mol. The average Bonchev–Trinajstić information content (AvgIpc) is 4.28. The van der Waals surface area contributed by atoms with Crippen LogP contribution in [0, 0.1) is 11.8 Å². The largest absolute Gasteiger partial charge is 0.481 e. The van der Waals surface area contributed by atoms with Crippen LogP contribution in [0.2, 0.25) is 20.1 Å². The number of ether oxygens (including phenoxy) is 2. The Morgan fingerprint density at radius 3 is 1.19 bits per heavy atom. The van der Waals surface area contributed by atoms with Crippen LogP contribution in [0.15, 0.2) is 97.1 Å². The van der Waals surface area contributed by atoms with E-state index >= 15 is 0 Å². The van der Waals surface area contributed by atoms with Crippen molar-refractivity contribution < 1.29 is 55.7 Å². The fourth-order valence-electron chi connectivity index (χ4n) is 9.60. The number of hydrogen-bond acceptors (Lipinski definition) is 10. The van der Waals surface area contributed by atoms with Crippen molar-refractivity contribution in [1.82, 2.24) is 9.80 Å². The molecule has 2 aliphatic heterocycles. The minimum absolute atomic E-state index is 0.101. The van der Waals surface area contributed by atoms with Gasteiger partial charge in [0.05, 0.1) is 47.9 Å². The number of sulfone groups is 2. The summed E-state index contributed by atoms with van der Waals surface area (Å²) in [6, 6.07) is 25.1. The SMILES string of the molecule is CC[C@@H](CS(=O)(=O)CC1CC1)N1C(=O)[C@@H](CC(=O)O)O[C@H](c2cccc(Cl)c2)C1c1ccc(Cl)cc1.CC[C@@H](CS(=O)(=O)CC1CC1)N1C(=O)[C@H](CC(=O)O)O[C@H](c2cccc(Cl)c2)C1c1ccc(Cl)cc1. The maximum Gasteiger partial charge on any atom is 0.306 e. The summed E-state index contributed by atoms with van der Waals surface area (Å²) in [5.41, 5.74) is 2.71. The van der Waals surface area contributed by atoms with E-state index in [4.69, 9.17) is 55.9 Å². The van der Waals surface area contributed by atoms with Crippen LogP contribution in [-0.4, -0.2) is 108 Å². The van der Waals surface area contributed by atoms with Crippen molar-refractivity contribution in [2.75, 3.05) is 23.0 Å². The Balaban J connectivity index is 0.000000211. The van der Waals surface area contributed by atoms with Gasteiger partial charge >= 0.3 is 11.9 Å². The van der Waals surface area contributed by atoms with E-state index in [9.17, 15) is 46.2 Å². The van der Waals surface area contributed by atoms with E-state index in [1.54, 1.807) is 97.1 Å². The van der Waals surface area contributed by atoms with E-state index in [2.05, 4.69) is 0 Å². The minimum Gasteiger partial charge on any atom is -0.481 e. The summed E-state index contributed by atoms with van der Waals surface area (Å²) in [6.07, 6.45) is -0.798. The van der Waals surface area contributed by atoms with Gasteiger partial charge < -0.3 is 29.5 Å². The Morgan fingerprint density at radius 1 is 0.556 bits per heavy atom. The fraction of sp³-hybridized carbons (Fsp3) is 0.462. The molecule has 2 unspecified atom stereocenters. The number of hydrogen-bond donors (Lipinski definition) is 2. The Kier molecular flexibility index (Phi) is 18.5. The molecule has 2 N–H and O–H groups in total. The van der Waals surface area contributed by atoms with Crippen LogP contribution in [0.4, 0.5) is 0 Å². The third-order valence-electron chi connectivity index (χ3n) is 13.3. The second-order valence-electron chi connectivity index (χ2n) is 19.0. The van der Waals surface area contributed by atoms with Gasteiger partial charge in [-0.1, -0.05) is 109 Å². The molecule has 0 aromatic heterocycles. The molecule has 388 valence electrons. The van der Waals surface area contributed by atoms with Crippen molar-refractivity contribution >= 4 is 89.8 Å². The summed E-state index contributed by atoms with van der Waals surface area (Å²) in [7, 11) is -6.87. The number of carboxylic acids is 2. The quantitative estimate of drug-likeness (QED) is 0.0849. The summed E-state index contributed by atoms with van der Waals surface area (Å²) in [4.78, 5) is 53.8. The van der Waals surface area contributed by atoms with Crippen LogP contribution >= 0.6 is 46.4 Å². The molecular formula is C52H58Cl4N2O12S2. The molecule has 14 nitrogen and oxygen atoms in total. The molecule has 0 radical (unpaired) electrons. The molecule has 4 aliphatic rings. The molecule has 2 saturated carbocycles. The molecule has 2 amide bonds. The van der Waals surface area contributed by atoms with Gasteiger partial charge in [0.1, 0.15) is 24.4 Å². The summed E-state index contributed by atoms with van der Waals surface area (Å²) in [5.74, 6) is -3.27. The molecule has 8 atom stereocenters. The number of rotatable bonds is 20. The lowest BCUT2D eigenvalue weighted by molar-refractivity contribution is -0.182. The van der Waals surface area contributed by atoms with Crippen molar-refractivity contribution in [3.05, 3.63) is 139 Å². The van der Waals surface area contributed by atoms with E-state index in [-0.39, 0.29) is 34.8 Å². The van der Waals surface area contributed by atoms with Crippen LogP contribution in [0.5, 0.6) is 0 Å². The number of carbonyl (C=O) groups excluding carboxylic acids is 2. The van der Waals surface area contributed by atoms with Gasteiger partial charge in [0, 0.05) is 32.2 Å². The number of halogens is 4. The number of nitrogens with zero attached hydrogens (tertiary/aromatic N) is 2. The lowest BCUT2D eigenvalue weighted by Crippen LogP contribution is -2.56.